The van der Waals surface area contributed by atoms with Crippen LogP contribution in [0.25, 0.3) is 5.82 Å². The van der Waals surface area contributed by atoms with Gasteiger partial charge in [0.05, 0.1) is 16.9 Å². The van der Waals surface area contributed by atoms with Crippen molar-refractivity contribution in [1.82, 2.24) is 19.7 Å². The van der Waals surface area contributed by atoms with Gasteiger partial charge in [-0.1, -0.05) is 25.4 Å². The number of anilines is 1. The molecular formula is C14H20ClN5. The van der Waals surface area contributed by atoms with E-state index < -0.39 is 0 Å². The number of rotatable bonds is 5. The van der Waals surface area contributed by atoms with Crippen LogP contribution in [0, 0.1) is 13.8 Å². The molecule has 0 saturated heterocycles. The van der Waals surface area contributed by atoms with Crippen molar-refractivity contribution < 1.29 is 0 Å². The lowest BCUT2D eigenvalue weighted by Crippen LogP contribution is -2.12. The van der Waals surface area contributed by atoms with Crippen molar-refractivity contribution in [3.05, 3.63) is 28.3 Å². The second-order valence-corrected chi connectivity index (χ2v) is 5.13. The van der Waals surface area contributed by atoms with Crippen molar-refractivity contribution in [3.8, 4) is 5.82 Å². The molecule has 2 rings (SSSR count). The summed E-state index contributed by atoms with van der Waals surface area (Å²) < 4.78 is 1.73. The highest BCUT2D eigenvalue weighted by atomic mass is 35.5. The van der Waals surface area contributed by atoms with Crippen LogP contribution in [-0.2, 0) is 6.42 Å². The van der Waals surface area contributed by atoms with Crippen molar-refractivity contribution >= 4 is 17.4 Å². The van der Waals surface area contributed by atoms with Gasteiger partial charge in [-0.3, -0.25) is 0 Å². The van der Waals surface area contributed by atoms with E-state index in [2.05, 4.69) is 27.3 Å². The standard InChI is InChI=1S/C14H20ClN5/c1-5-7-16-13-9(3)14(18-12(6-2)17-13)20-8-11(15)10(4)19-20/h8H,5-7H2,1-4H3,(H,16,17,18). The Morgan fingerprint density at radius 1 is 1.25 bits per heavy atom. The average Bonchev–Trinajstić information content (AvgIpc) is 2.77. The number of nitrogens with zero attached hydrogens (tertiary/aromatic N) is 4. The minimum Gasteiger partial charge on any atom is -0.370 e. The predicted molar refractivity (Wildman–Crippen MR) is 81.8 cm³/mol. The molecule has 2 heterocycles. The van der Waals surface area contributed by atoms with Crippen LogP contribution in [0.5, 0.6) is 0 Å². The molecule has 6 heteroatoms. The fourth-order valence-electron chi connectivity index (χ4n) is 1.89. The molecule has 0 amide bonds. The zero-order valence-corrected chi connectivity index (χ0v) is 13.1. The van der Waals surface area contributed by atoms with Crippen molar-refractivity contribution in [1.29, 1.82) is 0 Å². The zero-order chi connectivity index (χ0) is 14.7. The molecule has 0 radical (unpaired) electrons. The summed E-state index contributed by atoms with van der Waals surface area (Å²) in [6.45, 7) is 8.94. The van der Waals surface area contributed by atoms with E-state index in [0.29, 0.717) is 5.02 Å². The molecule has 2 aromatic rings. The van der Waals surface area contributed by atoms with Gasteiger partial charge in [0.15, 0.2) is 5.82 Å². The maximum Gasteiger partial charge on any atom is 0.162 e. The Labute approximate surface area is 124 Å². The molecule has 0 unspecified atom stereocenters. The van der Waals surface area contributed by atoms with E-state index >= 15 is 0 Å². The van der Waals surface area contributed by atoms with Gasteiger partial charge in [-0.2, -0.15) is 5.10 Å². The van der Waals surface area contributed by atoms with Crippen LogP contribution in [-0.4, -0.2) is 26.3 Å². The molecule has 0 atom stereocenters. The lowest BCUT2D eigenvalue weighted by molar-refractivity contribution is 0.792. The molecule has 0 aliphatic carbocycles. The molecule has 0 spiro atoms. The summed E-state index contributed by atoms with van der Waals surface area (Å²) in [5.41, 5.74) is 1.78. The molecule has 2 aromatic heterocycles. The van der Waals surface area contributed by atoms with E-state index in [-0.39, 0.29) is 0 Å². The number of aryl methyl sites for hydroxylation is 2. The number of aromatic nitrogens is 4. The fourth-order valence-corrected chi connectivity index (χ4v) is 2.02. The molecule has 0 fully saturated rings. The van der Waals surface area contributed by atoms with Crippen LogP contribution >= 0.6 is 11.6 Å². The second kappa shape index (κ2) is 6.22. The van der Waals surface area contributed by atoms with Crippen LogP contribution in [0.1, 0.15) is 37.4 Å². The highest BCUT2D eigenvalue weighted by Gasteiger charge is 2.13. The first kappa shape index (κ1) is 14.8. The second-order valence-electron chi connectivity index (χ2n) is 4.72. The van der Waals surface area contributed by atoms with Crippen LogP contribution in [0.4, 0.5) is 5.82 Å². The monoisotopic (exact) mass is 293 g/mol. The molecule has 0 aliphatic rings. The highest BCUT2D eigenvalue weighted by molar-refractivity contribution is 6.31. The molecule has 20 heavy (non-hydrogen) atoms. The molecular weight excluding hydrogens is 274 g/mol. The summed E-state index contributed by atoms with van der Waals surface area (Å²) >= 11 is 6.09. The van der Waals surface area contributed by atoms with Gasteiger partial charge < -0.3 is 5.32 Å². The van der Waals surface area contributed by atoms with Crippen molar-refractivity contribution in [2.75, 3.05) is 11.9 Å². The normalized spacial score (nSPS) is 10.8. The number of halogens is 1. The van der Waals surface area contributed by atoms with Gasteiger partial charge in [0, 0.05) is 18.5 Å². The first-order valence-electron chi connectivity index (χ1n) is 6.90. The quantitative estimate of drug-likeness (QED) is 0.919. The Kier molecular flexibility index (Phi) is 4.60. The Morgan fingerprint density at radius 3 is 2.55 bits per heavy atom. The van der Waals surface area contributed by atoms with E-state index in [1.807, 2.05) is 20.8 Å². The number of hydrogen-bond acceptors (Lipinski definition) is 4. The number of hydrogen-bond donors (Lipinski definition) is 1. The minimum absolute atomic E-state index is 0.643. The third kappa shape index (κ3) is 2.93. The highest BCUT2D eigenvalue weighted by Crippen LogP contribution is 2.22. The van der Waals surface area contributed by atoms with E-state index in [9.17, 15) is 0 Å². The summed E-state index contributed by atoms with van der Waals surface area (Å²) in [5.74, 6) is 2.46. The summed E-state index contributed by atoms with van der Waals surface area (Å²) in [7, 11) is 0. The minimum atomic E-state index is 0.643. The molecule has 0 aliphatic heterocycles. The lowest BCUT2D eigenvalue weighted by Gasteiger charge is -2.13. The van der Waals surface area contributed by atoms with Gasteiger partial charge in [0.1, 0.15) is 11.6 Å². The molecule has 0 saturated carbocycles. The van der Waals surface area contributed by atoms with Gasteiger partial charge >= 0.3 is 0 Å². The first-order chi connectivity index (χ1) is 9.56. The Bertz CT molecular complexity index is 586. The maximum atomic E-state index is 6.09. The van der Waals surface area contributed by atoms with Gasteiger partial charge in [-0.15, -0.1) is 0 Å². The van der Waals surface area contributed by atoms with Gasteiger partial charge in [-0.25, -0.2) is 14.6 Å². The SMILES string of the molecule is CCCNc1nc(CC)nc(-n2cc(Cl)c(C)n2)c1C. The lowest BCUT2D eigenvalue weighted by atomic mass is 10.3. The Morgan fingerprint density at radius 2 is 2.00 bits per heavy atom. The van der Waals surface area contributed by atoms with Crippen molar-refractivity contribution in [2.24, 2.45) is 0 Å². The summed E-state index contributed by atoms with van der Waals surface area (Å²) in [6, 6.07) is 0. The average molecular weight is 294 g/mol. The maximum absolute atomic E-state index is 6.09. The summed E-state index contributed by atoms with van der Waals surface area (Å²) in [6.07, 6.45) is 3.62. The summed E-state index contributed by atoms with van der Waals surface area (Å²) in [5, 5.41) is 8.39. The van der Waals surface area contributed by atoms with Crippen molar-refractivity contribution in [2.45, 2.75) is 40.5 Å². The Hall–Kier alpha value is -1.62. The molecule has 108 valence electrons. The van der Waals surface area contributed by atoms with E-state index in [4.69, 9.17) is 11.6 Å². The fraction of sp³-hybridized carbons (Fsp3) is 0.500. The Balaban J connectivity index is 2.50. The van der Waals surface area contributed by atoms with E-state index in [0.717, 1.165) is 48.1 Å². The third-order valence-corrected chi connectivity index (χ3v) is 3.45. The van der Waals surface area contributed by atoms with Crippen LogP contribution in [0.15, 0.2) is 6.20 Å². The van der Waals surface area contributed by atoms with Gasteiger partial charge in [0.2, 0.25) is 0 Å². The number of nitrogens with one attached hydrogen (secondary N) is 1. The van der Waals surface area contributed by atoms with Crippen LogP contribution in [0.2, 0.25) is 5.02 Å². The van der Waals surface area contributed by atoms with E-state index in [1.54, 1.807) is 10.9 Å². The van der Waals surface area contributed by atoms with Gasteiger partial charge in [0.25, 0.3) is 0 Å². The predicted octanol–water partition coefficient (Wildman–Crippen LogP) is 3.32. The molecule has 0 aromatic carbocycles. The smallest absolute Gasteiger partial charge is 0.162 e. The largest absolute Gasteiger partial charge is 0.370 e. The third-order valence-electron chi connectivity index (χ3n) is 3.08. The van der Waals surface area contributed by atoms with Crippen LogP contribution < -0.4 is 5.32 Å². The first-order valence-corrected chi connectivity index (χ1v) is 7.28. The zero-order valence-electron chi connectivity index (χ0n) is 12.4. The topological polar surface area (TPSA) is 55.6 Å². The molecule has 0 bridgehead atoms. The van der Waals surface area contributed by atoms with Crippen molar-refractivity contribution in [3.63, 3.8) is 0 Å². The molecule has 5 nitrogen and oxygen atoms in total. The van der Waals surface area contributed by atoms with Crippen LogP contribution in [0.3, 0.4) is 0 Å². The van der Waals surface area contributed by atoms with Gasteiger partial charge in [-0.05, 0) is 20.3 Å². The molecule has 1 N–H and O–H groups in total. The van der Waals surface area contributed by atoms with E-state index in [1.165, 1.54) is 0 Å². The summed E-state index contributed by atoms with van der Waals surface area (Å²) in [4.78, 5) is 9.12.